The molecule has 1 amide bonds. The third-order valence-electron chi connectivity index (χ3n) is 4.16. The van der Waals surface area contributed by atoms with E-state index in [-0.39, 0.29) is 30.5 Å². The van der Waals surface area contributed by atoms with E-state index in [0.717, 1.165) is 9.35 Å². The summed E-state index contributed by atoms with van der Waals surface area (Å²) in [6.07, 6.45) is 2.10. The molecule has 1 unspecified atom stereocenters. The monoisotopic (exact) mass is 420 g/mol. The summed E-state index contributed by atoms with van der Waals surface area (Å²) in [5.74, 6) is 0.104. The van der Waals surface area contributed by atoms with Crippen LogP contribution in [0.5, 0.6) is 0 Å². The number of nitrogens with two attached hydrogens (primary N) is 1. The molecule has 3 rings (SSSR count). The van der Waals surface area contributed by atoms with E-state index in [1.54, 1.807) is 25.4 Å². The van der Waals surface area contributed by atoms with Gasteiger partial charge in [-0.25, -0.2) is 4.99 Å². The lowest BCUT2D eigenvalue weighted by Gasteiger charge is -2.32. The molecule has 3 heterocycles. The third-order valence-corrected chi connectivity index (χ3v) is 5.83. The van der Waals surface area contributed by atoms with Gasteiger partial charge in [0.25, 0.3) is 0 Å². The number of halogens is 1. The van der Waals surface area contributed by atoms with Crippen molar-refractivity contribution in [2.24, 2.45) is 10.7 Å². The van der Waals surface area contributed by atoms with Crippen molar-refractivity contribution in [3.05, 3.63) is 50.4 Å². The molecule has 0 spiro atoms. The largest absolute Gasteiger partial charge is 0.369 e. The van der Waals surface area contributed by atoms with Gasteiger partial charge in [0.05, 0.1) is 20.8 Å². The van der Waals surface area contributed by atoms with Crippen LogP contribution in [0, 0.1) is 0 Å². The van der Waals surface area contributed by atoms with E-state index in [0.29, 0.717) is 10.6 Å². The number of aliphatic imine (C=N–C) groups is 1. The van der Waals surface area contributed by atoms with Crippen molar-refractivity contribution < 1.29 is 9.59 Å². The molecule has 25 heavy (non-hydrogen) atoms. The van der Waals surface area contributed by atoms with E-state index in [9.17, 15) is 9.59 Å². The highest BCUT2D eigenvalue weighted by Gasteiger charge is 2.37. The first-order valence-electron chi connectivity index (χ1n) is 7.64. The normalized spacial score (nSPS) is 20.5. The summed E-state index contributed by atoms with van der Waals surface area (Å²) in [6, 6.07) is 7.30. The number of guanidine groups is 1. The number of carbonyl (C=O) groups is 2. The van der Waals surface area contributed by atoms with Crippen LogP contribution >= 0.6 is 27.3 Å². The number of carbonyl (C=O) groups excluding carboxylic acids is 2. The van der Waals surface area contributed by atoms with Crippen molar-refractivity contribution >= 4 is 44.9 Å². The van der Waals surface area contributed by atoms with Crippen LogP contribution in [0.3, 0.4) is 0 Å². The number of ketones is 1. The predicted octanol–water partition coefficient (Wildman–Crippen LogP) is 2.72. The Balaban J connectivity index is 1.87. The van der Waals surface area contributed by atoms with Gasteiger partial charge in [0.2, 0.25) is 5.91 Å². The minimum Gasteiger partial charge on any atom is -0.369 e. The maximum absolute atomic E-state index is 12.4. The first-order valence-corrected chi connectivity index (χ1v) is 9.25. The summed E-state index contributed by atoms with van der Waals surface area (Å²) in [6.45, 7) is 1.83. The molecule has 1 aliphatic rings. The van der Waals surface area contributed by atoms with Crippen molar-refractivity contribution in [1.82, 2.24) is 9.88 Å². The lowest BCUT2D eigenvalue weighted by atomic mass is 9.90. The molecule has 2 aromatic rings. The first-order chi connectivity index (χ1) is 11.8. The number of amides is 1. The average Bonchev–Trinajstić information content (AvgIpc) is 2.99. The summed E-state index contributed by atoms with van der Waals surface area (Å²) in [7, 11) is 1.60. The highest BCUT2D eigenvalue weighted by atomic mass is 79.9. The van der Waals surface area contributed by atoms with E-state index >= 15 is 0 Å². The molecule has 0 bridgehead atoms. The summed E-state index contributed by atoms with van der Waals surface area (Å²) in [5.41, 5.74) is 6.50. The van der Waals surface area contributed by atoms with Crippen LogP contribution in [-0.4, -0.2) is 34.6 Å². The van der Waals surface area contributed by atoms with Crippen molar-refractivity contribution in [1.29, 1.82) is 0 Å². The molecule has 130 valence electrons. The van der Waals surface area contributed by atoms with Gasteiger partial charge in [-0.05, 0) is 52.7 Å². The maximum Gasteiger partial charge on any atom is 0.231 e. The highest BCUT2D eigenvalue weighted by Crippen LogP contribution is 2.32. The average molecular weight is 421 g/mol. The number of hydrogen-bond donors (Lipinski definition) is 1. The molecule has 1 atom stereocenters. The molecule has 2 aromatic heterocycles. The Labute approximate surface area is 157 Å². The molecule has 6 nitrogen and oxygen atoms in total. The molecule has 8 heteroatoms. The Hall–Kier alpha value is -2.06. The lowest BCUT2D eigenvalue weighted by molar-refractivity contribution is -0.128. The Kier molecular flexibility index (Phi) is 4.75. The Bertz CT molecular complexity index is 879. The van der Waals surface area contributed by atoms with E-state index in [4.69, 9.17) is 5.73 Å². The predicted molar refractivity (Wildman–Crippen MR) is 101 cm³/mol. The van der Waals surface area contributed by atoms with E-state index in [1.807, 2.05) is 19.1 Å². The number of pyridine rings is 1. The van der Waals surface area contributed by atoms with Gasteiger partial charge in [-0.1, -0.05) is 0 Å². The standard InChI is InChI=1S/C17H17BrN4O2S/c1-17(9-15(24)22(2)16(19)21-17)13-8-10(5-6-20-13)7-11(23)12-3-4-14(18)25-12/h3-6,8H,7,9H2,1-2H3,(H2,19,21). The summed E-state index contributed by atoms with van der Waals surface area (Å²) >= 11 is 4.78. The van der Waals surface area contributed by atoms with Crippen molar-refractivity contribution in [3.8, 4) is 0 Å². The quantitative estimate of drug-likeness (QED) is 0.769. The fourth-order valence-electron chi connectivity index (χ4n) is 2.67. The smallest absolute Gasteiger partial charge is 0.231 e. The van der Waals surface area contributed by atoms with Gasteiger partial charge in [-0.3, -0.25) is 19.5 Å². The molecule has 0 radical (unpaired) electrons. The number of rotatable bonds is 4. The molecule has 0 saturated heterocycles. The molecule has 0 fully saturated rings. The lowest BCUT2D eigenvalue weighted by Crippen LogP contribution is -2.47. The number of nitrogens with zero attached hydrogens (tertiary/aromatic N) is 3. The van der Waals surface area contributed by atoms with E-state index in [2.05, 4.69) is 25.9 Å². The van der Waals surface area contributed by atoms with Gasteiger partial charge in [0, 0.05) is 19.7 Å². The van der Waals surface area contributed by atoms with Gasteiger partial charge in [0.1, 0.15) is 5.54 Å². The van der Waals surface area contributed by atoms with E-state index < -0.39 is 5.54 Å². The minimum atomic E-state index is -0.821. The van der Waals surface area contributed by atoms with Crippen LogP contribution in [0.1, 0.15) is 34.3 Å². The zero-order valence-electron chi connectivity index (χ0n) is 13.8. The summed E-state index contributed by atoms with van der Waals surface area (Å²) in [5, 5.41) is 0. The Morgan fingerprint density at radius 2 is 2.20 bits per heavy atom. The van der Waals surface area contributed by atoms with Crippen LogP contribution in [0.15, 0.2) is 39.2 Å². The van der Waals surface area contributed by atoms with Crippen LogP contribution in [0.4, 0.5) is 0 Å². The van der Waals surface area contributed by atoms with Gasteiger partial charge in [0.15, 0.2) is 11.7 Å². The molecule has 0 saturated carbocycles. The maximum atomic E-state index is 12.4. The van der Waals surface area contributed by atoms with Crippen LogP contribution in [-0.2, 0) is 16.8 Å². The zero-order valence-corrected chi connectivity index (χ0v) is 16.2. The molecular weight excluding hydrogens is 404 g/mol. The second-order valence-corrected chi connectivity index (χ2v) is 8.59. The van der Waals surface area contributed by atoms with Gasteiger partial charge in [-0.2, -0.15) is 0 Å². The molecule has 0 aliphatic carbocycles. The summed E-state index contributed by atoms with van der Waals surface area (Å²) < 4.78 is 0.924. The van der Waals surface area contributed by atoms with Gasteiger partial charge in [-0.15, -0.1) is 11.3 Å². The number of aromatic nitrogens is 1. The van der Waals surface area contributed by atoms with E-state index in [1.165, 1.54) is 16.2 Å². The van der Waals surface area contributed by atoms with Crippen molar-refractivity contribution in [2.45, 2.75) is 25.3 Å². The molecule has 1 aliphatic heterocycles. The number of Topliss-reactive ketones (excluding diaryl/α,β-unsaturated/α-hetero) is 1. The van der Waals surface area contributed by atoms with Crippen molar-refractivity contribution in [2.75, 3.05) is 7.05 Å². The van der Waals surface area contributed by atoms with Crippen LogP contribution < -0.4 is 5.73 Å². The fraction of sp³-hybridized carbons (Fsp3) is 0.294. The SMILES string of the molecule is CN1C(=O)CC(C)(c2cc(CC(=O)c3ccc(Br)s3)ccn2)N=C1N. The number of hydrogen-bond acceptors (Lipinski definition) is 6. The Morgan fingerprint density at radius 1 is 1.44 bits per heavy atom. The number of thiophene rings is 1. The Morgan fingerprint density at radius 3 is 2.84 bits per heavy atom. The van der Waals surface area contributed by atoms with Gasteiger partial charge >= 0.3 is 0 Å². The summed E-state index contributed by atoms with van der Waals surface area (Å²) in [4.78, 5) is 35.4. The zero-order chi connectivity index (χ0) is 18.2. The second kappa shape index (κ2) is 6.68. The molecular formula is C17H17BrN4O2S. The van der Waals surface area contributed by atoms with Crippen LogP contribution in [0.25, 0.3) is 0 Å². The van der Waals surface area contributed by atoms with Crippen molar-refractivity contribution in [3.63, 3.8) is 0 Å². The second-order valence-electron chi connectivity index (χ2n) is 6.13. The highest BCUT2D eigenvalue weighted by molar-refractivity contribution is 9.11. The fourth-order valence-corrected chi connectivity index (χ4v) is 4.00. The topological polar surface area (TPSA) is 88.7 Å². The molecule has 0 aromatic carbocycles. The minimum absolute atomic E-state index is 0.0421. The van der Waals surface area contributed by atoms with Gasteiger partial charge < -0.3 is 5.73 Å². The first kappa shape index (κ1) is 17.8. The third kappa shape index (κ3) is 3.64. The molecule has 2 N–H and O–H groups in total. The van der Waals surface area contributed by atoms with Crippen LogP contribution in [0.2, 0.25) is 0 Å².